The van der Waals surface area contributed by atoms with Gasteiger partial charge in [-0.2, -0.15) is 0 Å². The van der Waals surface area contributed by atoms with Crippen LogP contribution >= 0.6 is 0 Å². The number of anilines is 1. The first-order valence-electron chi connectivity index (χ1n) is 9.67. The summed E-state index contributed by atoms with van der Waals surface area (Å²) in [6, 6.07) is 15.0. The van der Waals surface area contributed by atoms with E-state index in [4.69, 9.17) is 4.74 Å². The van der Waals surface area contributed by atoms with Crippen molar-refractivity contribution >= 4 is 17.5 Å². The van der Waals surface area contributed by atoms with E-state index in [1.807, 2.05) is 31.2 Å². The maximum Gasteiger partial charge on any atom is 0.253 e. The Labute approximate surface area is 165 Å². The smallest absolute Gasteiger partial charge is 0.253 e. The minimum Gasteiger partial charge on any atom is -0.377 e. The fraction of sp³-hybridized carbons (Fsp3) is 0.364. The van der Waals surface area contributed by atoms with Crippen LogP contribution in [0.2, 0.25) is 0 Å². The normalized spacial score (nSPS) is 16.0. The van der Waals surface area contributed by atoms with Gasteiger partial charge in [0.05, 0.1) is 23.9 Å². The van der Waals surface area contributed by atoms with Crippen LogP contribution in [0.3, 0.4) is 0 Å². The zero-order valence-corrected chi connectivity index (χ0v) is 16.2. The van der Waals surface area contributed by atoms with Crippen molar-refractivity contribution < 1.29 is 14.3 Å². The van der Waals surface area contributed by atoms with Gasteiger partial charge in [-0.3, -0.25) is 9.59 Å². The quantitative estimate of drug-likeness (QED) is 0.657. The molecule has 1 aliphatic rings. The van der Waals surface area contributed by atoms with Gasteiger partial charge in [-0.15, -0.1) is 0 Å². The molecule has 1 heterocycles. The molecule has 1 atom stereocenters. The van der Waals surface area contributed by atoms with Gasteiger partial charge in [0, 0.05) is 19.7 Å². The molecule has 6 nitrogen and oxygen atoms in total. The third kappa shape index (κ3) is 5.90. The Morgan fingerprint density at radius 3 is 2.64 bits per heavy atom. The molecule has 3 rings (SSSR count). The first kappa shape index (κ1) is 20.0. The summed E-state index contributed by atoms with van der Waals surface area (Å²) < 4.78 is 5.53. The molecular formula is C22H27N3O3. The summed E-state index contributed by atoms with van der Waals surface area (Å²) in [6.07, 6.45) is 2.29. The minimum atomic E-state index is -0.219. The second-order valence-corrected chi connectivity index (χ2v) is 7.03. The summed E-state index contributed by atoms with van der Waals surface area (Å²) in [5.41, 5.74) is 3.16. The number of amides is 2. The number of ether oxygens (including phenoxy) is 1. The number of rotatable bonds is 8. The molecule has 0 aliphatic carbocycles. The van der Waals surface area contributed by atoms with E-state index in [0.717, 1.165) is 25.0 Å². The van der Waals surface area contributed by atoms with Gasteiger partial charge in [0.15, 0.2) is 0 Å². The third-order valence-electron chi connectivity index (χ3n) is 4.70. The van der Waals surface area contributed by atoms with Gasteiger partial charge in [0.2, 0.25) is 5.91 Å². The van der Waals surface area contributed by atoms with Crippen LogP contribution in [0.25, 0.3) is 0 Å². The highest BCUT2D eigenvalue weighted by molar-refractivity contribution is 6.04. The molecule has 0 saturated carbocycles. The van der Waals surface area contributed by atoms with Gasteiger partial charge in [-0.05, 0) is 37.5 Å². The summed E-state index contributed by atoms with van der Waals surface area (Å²) in [7, 11) is 0. The maximum atomic E-state index is 12.6. The summed E-state index contributed by atoms with van der Waals surface area (Å²) in [4.78, 5) is 24.8. The highest BCUT2D eigenvalue weighted by Gasteiger charge is 2.16. The molecule has 2 amide bonds. The van der Waals surface area contributed by atoms with E-state index in [2.05, 4.69) is 16.0 Å². The lowest BCUT2D eigenvalue weighted by Crippen LogP contribution is -2.34. The van der Waals surface area contributed by atoms with Crippen LogP contribution in [-0.4, -0.2) is 37.6 Å². The Kier molecular flexibility index (Phi) is 7.17. The molecule has 1 aliphatic heterocycles. The van der Waals surface area contributed by atoms with Gasteiger partial charge in [-0.1, -0.05) is 42.0 Å². The molecule has 1 unspecified atom stereocenters. The Balaban J connectivity index is 1.51. The van der Waals surface area contributed by atoms with Crippen LogP contribution in [0.4, 0.5) is 5.69 Å². The fourth-order valence-corrected chi connectivity index (χ4v) is 3.12. The molecule has 6 heteroatoms. The molecule has 1 saturated heterocycles. The molecular weight excluding hydrogens is 354 g/mol. The topological polar surface area (TPSA) is 79.5 Å². The molecule has 148 valence electrons. The van der Waals surface area contributed by atoms with Gasteiger partial charge >= 0.3 is 0 Å². The first-order valence-corrected chi connectivity index (χ1v) is 9.67. The number of hydrogen-bond acceptors (Lipinski definition) is 4. The molecule has 0 spiro atoms. The molecule has 1 fully saturated rings. The van der Waals surface area contributed by atoms with Crippen LogP contribution < -0.4 is 16.0 Å². The van der Waals surface area contributed by atoms with Crippen LogP contribution in [0.15, 0.2) is 48.5 Å². The number of nitrogens with one attached hydrogen (secondary N) is 3. The predicted molar refractivity (Wildman–Crippen MR) is 109 cm³/mol. The van der Waals surface area contributed by atoms with Crippen LogP contribution in [0, 0.1) is 6.92 Å². The number of para-hydroxylation sites is 1. The van der Waals surface area contributed by atoms with Crippen molar-refractivity contribution in [3.63, 3.8) is 0 Å². The van der Waals surface area contributed by atoms with Crippen molar-refractivity contribution in [2.75, 3.05) is 25.0 Å². The lowest BCUT2D eigenvalue weighted by atomic mass is 10.1. The highest BCUT2D eigenvalue weighted by Crippen LogP contribution is 2.15. The zero-order chi connectivity index (χ0) is 19.8. The summed E-state index contributed by atoms with van der Waals surface area (Å²) in [6.45, 7) is 4.09. The average molecular weight is 381 g/mol. The standard InChI is InChI=1S/C22H27N3O3/c1-16-8-10-17(11-9-16)13-24-22(27)19-6-2-3-7-20(19)25-21(26)15-23-14-18-5-4-12-28-18/h2-3,6-11,18,23H,4-5,12-15H2,1H3,(H,24,27)(H,25,26). The van der Waals surface area contributed by atoms with Gasteiger partial charge < -0.3 is 20.7 Å². The average Bonchev–Trinajstić information content (AvgIpc) is 3.21. The van der Waals surface area contributed by atoms with Crippen LogP contribution in [0.5, 0.6) is 0 Å². The monoisotopic (exact) mass is 381 g/mol. The van der Waals surface area contributed by atoms with Crippen LogP contribution in [0.1, 0.15) is 34.3 Å². The summed E-state index contributed by atoms with van der Waals surface area (Å²) in [5.74, 6) is -0.402. The lowest BCUT2D eigenvalue weighted by molar-refractivity contribution is -0.115. The molecule has 0 bridgehead atoms. The van der Waals surface area contributed by atoms with E-state index in [1.165, 1.54) is 5.56 Å². The predicted octanol–water partition coefficient (Wildman–Crippen LogP) is 2.63. The molecule has 2 aromatic rings. The molecule has 0 radical (unpaired) electrons. The van der Waals surface area contributed by atoms with Crippen molar-refractivity contribution in [2.24, 2.45) is 0 Å². The SMILES string of the molecule is Cc1ccc(CNC(=O)c2ccccc2NC(=O)CNCC2CCCO2)cc1. The van der Waals surface area contributed by atoms with E-state index in [0.29, 0.717) is 24.3 Å². The van der Waals surface area contributed by atoms with Crippen molar-refractivity contribution in [3.8, 4) is 0 Å². The zero-order valence-electron chi connectivity index (χ0n) is 16.2. The van der Waals surface area contributed by atoms with Gasteiger partial charge in [0.1, 0.15) is 0 Å². The van der Waals surface area contributed by atoms with Crippen molar-refractivity contribution in [1.29, 1.82) is 0 Å². The largest absolute Gasteiger partial charge is 0.377 e. The van der Waals surface area contributed by atoms with Gasteiger partial charge in [0.25, 0.3) is 5.91 Å². The number of carbonyl (C=O) groups is 2. The minimum absolute atomic E-state index is 0.180. The Bertz CT molecular complexity index is 799. The lowest BCUT2D eigenvalue weighted by Gasteiger charge is -2.13. The number of aryl methyl sites for hydroxylation is 1. The van der Waals surface area contributed by atoms with E-state index in [9.17, 15) is 9.59 Å². The highest BCUT2D eigenvalue weighted by atomic mass is 16.5. The second kappa shape index (κ2) is 10.0. The fourth-order valence-electron chi connectivity index (χ4n) is 3.12. The summed E-state index contributed by atoms with van der Waals surface area (Å²) in [5, 5.41) is 8.84. The summed E-state index contributed by atoms with van der Waals surface area (Å²) >= 11 is 0. The van der Waals surface area contributed by atoms with Gasteiger partial charge in [-0.25, -0.2) is 0 Å². The van der Waals surface area contributed by atoms with Crippen molar-refractivity contribution in [3.05, 3.63) is 65.2 Å². The Hall–Kier alpha value is -2.70. The van der Waals surface area contributed by atoms with E-state index < -0.39 is 0 Å². The number of benzene rings is 2. The second-order valence-electron chi connectivity index (χ2n) is 7.03. The molecule has 2 aromatic carbocycles. The first-order chi connectivity index (χ1) is 13.6. The van der Waals surface area contributed by atoms with Crippen molar-refractivity contribution in [1.82, 2.24) is 10.6 Å². The maximum absolute atomic E-state index is 12.6. The number of hydrogen-bond donors (Lipinski definition) is 3. The Morgan fingerprint density at radius 1 is 1.11 bits per heavy atom. The van der Waals surface area contributed by atoms with Crippen molar-refractivity contribution in [2.45, 2.75) is 32.4 Å². The van der Waals surface area contributed by atoms with Crippen LogP contribution in [-0.2, 0) is 16.1 Å². The number of carbonyl (C=O) groups excluding carboxylic acids is 2. The Morgan fingerprint density at radius 2 is 1.89 bits per heavy atom. The molecule has 3 N–H and O–H groups in total. The molecule has 28 heavy (non-hydrogen) atoms. The van der Waals surface area contributed by atoms with E-state index in [-0.39, 0.29) is 24.5 Å². The van der Waals surface area contributed by atoms with E-state index in [1.54, 1.807) is 24.3 Å². The van der Waals surface area contributed by atoms with E-state index >= 15 is 0 Å². The third-order valence-corrected chi connectivity index (χ3v) is 4.70. The molecule has 0 aromatic heterocycles.